The maximum atomic E-state index is 12.7. The number of hydrogen-bond donors (Lipinski definition) is 1. The Hall–Kier alpha value is -3.08. The van der Waals surface area contributed by atoms with E-state index in [0.29, 0.717) is 16.4 Å². The van der Waals surface area contributed by atoms with Gasteiger partial charge in [-0.05, 0) is 38.2 Å². The molecule has 0 radical (unpaired) electrons. The summed E-state index contributed by atoms with van der Waals surface area (Å²) in [6.45, 7) is 5.89. The minimum Gasteiger partial charge on any atom is -0.494 e. The van der Waals surface area contributed by atoms with Gasteiger partial charge >= 0.3 is 0 Å². The maximum Gasteiger partial charge on any atom is 0.257 e. The van der Waals surface area contributed by atoms with E-state index < -0.39 is 0 Å². The van der Waals surface area contributed by atoms with Crippen LogP contribution in [-0.2, 0) is 0 Å². The third-order valence-corrected chi connectivity index (χ3v) is 7.55. The largest absolute Gasteiger partial charge is 0.494 e. The number of rotatable bonds is 5. The molecule has 1 amide bonds. The van der Waals surface area contributed by atoms with Gasteiger partial charge in [0.25, 0.3) is 5.91 Å². The van der Waals surface area contributed by atoms with Gasteiger partial charge in [-0.2, -0.15) is 0 Å². The van der Waals surface area contributed by atoms with Gasteiger partial charge in [-0.25, -0.2) is 9.97 Å². The summed E-state index contributed by atoms with van der Waals surface area (Å²) >= 11 is 3.09. The molecule has 0 aliphatic carbocycles. The number of anilines is 2. The topological polar surface area (TPSA) is 83.5 Å². The van der Waals surface area contributed by atoms with Gasteiger partial charge in [-0.15, -0.1) is 11.3 Å². The van der Waals surface area contributed by atoms with E-state index in [2.05, 4.69) is 37.5 Å². The van der Waals surface area contributed by atoms with E-state index in [-0.39, 0.29) is 5.91 Å². The Morgan fingerprint density at radius 3 is 2.73 bits per heavy atom. The number of likely N-dealkylation sites (N-methyl/N-ethyl adjacent to an activating group) is 1. The Balaban J connectivity index is 1.47. The Bertz CT molecular complexity index is 1310. The molecule has 4 heterocycles. The predicted octanol–water partition coefficient (Wildman–Crippen LogP) is 4.14. The van der Waals surface area contributed by atoms with Crippen LogP contribution in [0.4, 0.5) is 10.3 Å². The van der Waals surface area contributed by atoms with Crippen LogP contribution in [-0.4, -0.2) is 66.1 Å². The molecule has 10 heteroatoms. The molecule has 0 spiro atoms. The van der Waals surface area contributed by atoms with Gasteiger partial charge in [0.15, 0.2) is 10.3 Å². The number of piperazine rings is 1. The quantitative estimate of drug-likeness (QED) is 0.460. The lowest BCUT2D eigenvalue weighted by Gasteiger charge is -2.32. The Morgan fingerprint density at radius 2 is 1.97 bits per heavy atom. The van der Waals surface area contributed by atoms with Gasteiger partial charge in [0.1, 0.15) is 11.3 Å². The summed E-state index contributed by atoms with van der Waals surface area (Å²) in [6, 6.07) is 7.37. The van der Waals surface area contributed by atoms with Crippen molar-refractivity contribution in [2.45, 2.75) is 6.92 Å². The van der Waals surface area contributed by atoms with Crippen LogP contribution in [0.25, 0.3) is 21.5 Å². The van der Waals surface area contributed by atoms with Crippen LogP contribution in [0.15, 0.2) is 35.8 Å². The van der Waals surface area contributed by atoms with Crippen molar-refractivity contribution in [3.8, 4) is 17.0 Å². The van der Waals surface area contributed by atoms with Crippen LogP contribution in [0, 0.1) is 6.92 Å². The van der Waals surface area contributed by atoms with Crippen LogP contribution in [0.3, 0.4) is 0 Å². The fourth-order valence-electron chi connectivity index (χ4n) is 3.79. The van der Waals surface area contributed by atoms with E-state index in [9.17, 15) is 4.79 Å². The highest BCUT2D eigenvalue weighted by Crippen LogP contribution is 2.40. The highest BCUT2D eigenvalue weighted by molar-refractivity contribution is 7.23. The van der Waals surface area contributed by atoms with Crippen LogP contribution < -0.4 is 15.0 Å². The lowest BCUT2D eigenvalue weighted by atomic mass is 10.1. The molecule has 4 aromatic rings. The molecule has 0 unspecified atom stereocenters. The van der Waals surface area contributed by atoms with Crippen LogP contribution in [0.5, 0.6) is 5.75 Å². The van der Waals surface area contributed by atoms with Crippen LogP contribution in [0.2, 0.25) is 0 Å². The first-order valence-electron chi connectivity index (χ1n) is 10.6. The number of aryl methyl sites for hydroxylation is 1. The molecule has 3 aromatic heterocycles. The predicted molar refractivity (Wildman–Crippen MR) is 134 cm³/mol. The van der Waals surface area contributed by atoms with Crippen molar-refractivity contribution >= 4 is 49.1 Å². The Labute approximate surface area is 199 Å². The molecule has 1 fully saturated rings. The van der Waals surface area contributed by atoms with E-state index in [1.807, 2.05) is 19.1 Å². The average Bonchev–Trinajstić information content (AvgIpc) is 3.46. The van der Waals surface area contributed by atoms with Gasteiger partial charge in [0.2, 0.25) is 0 Å². The zero-order valence-corrected chi connectivity index (χ0v) is 20.3. The number of benzene rings is 1. The molecule has 1 N–H and O–H groups in total. The van der Waals surface area contributed by atoms with Crippen molar-refractivity contribution in [1.82, 2.24) is 19.9 Å². The second kappa shape index (κ2) is 9.05. The standard InChI is InChI=1S/C23H24N6O2S2/c1-14-12-15(6-7-24-14)21(30)27-22-26-19-18(31-3)5-4-16(20(19)33-22)17-13-32-23(25-17)29-10-8-28(2)9-11-29/h4-7,12-13H,8-11H2,1-3H3,(H,26,27,30). The SMILES string of the molecule is COc1ccc(-c2csc(N3CCN(C)CC3)n2)c2sc(NC(=O)c3ccnc(C)c3)nc12. The van der Waals surface area contributed by atoms with Gasteiger partial charge in [-0.3, -0.25) is 15.1 Å². The first-order valence-corrected chi connectivity index (χ1v) is 12.3. The summed E-state index contributed by atoms with van der Waals surface area (Å²) < 4.78 is 6.48. The molecule has 170 valence electrons. The number of pyridine rings is 1. The van der Waals surface area contributed by atoms with E-state index in [0.717, 1.165) is 58.5 Å². The summed E-state index contributed by atoms with van der Waals surface area (Å²) in [5.41, 5.74) is 3.95. The maximum absolute atomic E-state index is 12.7. The van der Waals surface area contributed by atoms with Crippen molar-refractivity contribution in [3.63, 3.8) is 0 Å². The molecule has 0 bridgehead atoms. The van der Waals surface area contributed by atoms with Crippen molar-refractivity contribution in [2.24, 2.45) is 0 Å². The lowest BCUT2D eigenvalue weighted by Crippen LogP contribution is -2.44. The molecular weight excluding hydrogens is 456 g/mol. The Morgan fingerprint density at radius 1 is 1.15 bits per heavy atom. The second-order valence-electron chi connectivity index (χ2n) is 7.96. The molecule has 8 nitrogen and oxygen atoms in total. The van der Waals surface area contributed by atoms with Crippen LogP contribution >= 0.6 is 22.7 Å². The van der Waals surface area contributed by atoms with Crippen LogP contribution in [0.1, 0.15) is 16.1 Å². The minimum absolute atomic E-state index is 0.217. The second-order valence-corrected chi connectivity index (χ2v) is 9.79. The number of fused-ring (bicyclic) bond motifs is 1. The fourth-order valence-corrected chi connectivity index (χ4v) is 5.67. The molecule has 0 saturated carbocycles. The number of aromatic nitrogens is 3. The zero-order valence-electron chi connectivity index (χ0n) is 18.7. The zero-order chi connectivity index (χ0) is 22.9. The van der Waals surface area contributed by atoms with Gasteiger partial charge < -0.3 is 14.5 Å². The first kappa shape index (κ1) is 21.7. The summed E-state index contributed by atoms with van der Waals surface area (Å²) in [7, 11) is 3.77. The van der Waals surface area contributed by atoms with E-state index in [1.54, 1.807) is 36.8 Å². The summed E-state index contributed by atoms with van der Waals surface area (Å²) in [6.07, 6.45) is 1.63. The van der Waals surface area contributed by atoms with Crippen molar-refractivity contribution in [2.75, 3.05) is 50.6 Å². The average molecular weight is 481 g/mol. The number of nitrogens with one attached hydrogen (secondary N) is 1. The van der Waals surface area contributed by atoms with Gasteiger partial charge in [0, 0.05) is 54.6 Å². The number of carbonyl (C=O) groups excluding carboxylic acids is 1. The third kappa shape index (κ3) is 4.41. The van der Waals surface area contributed by atoms with Gasteiger partial charge in [0.05, 0.1) is 17.5 Å². The molecule has 33 heavy (non-hydrogen) atoms. The molecule has 1 saturated heterocycles. The lowest BCUT2D eigenvalue weighted by molar-refractivity contribution is 0.102. The van der Waals surface area contributed by atoms with E-state index >= 15 is 0 Å². The highest BCUT2D eigenvalue weighted by atomic mass is 32.1. The monoisotopic (exact) mass is 480 g/mol. The molecule has 1 aromatic carbocycles. The van der Waals surface area contributed by atoms with Gasteiger partial charge in [-0.1, -0.05) is 11.3 Å². The third-order valence-electron chi connectivity index (χ3n) is 5.65. The minimum atomic E-state index is -0.217. The van der Waals surface area contributed by atoms with Crippen molar-refractivity contribution in [1.29, 1.82) is 0 Å². The number of hydrogen-bond acceptors (Lipinski definition) is 9. The number of ether oxygens (including phenoxy) is 1. The Kier molecular flexibility index (Phi) is 5.96. The molecule has 5 rings (SSSR count). The number of carbonyl (C=O) groups is 1. The number of methoxy groups -OCH3 is 1. The summed E-state index contributed by atoms with van der Waals surface area (Å²) in [5, 5.41) is 6.56. The molecule has 0 atom stereocenters. The fraction of sp³-hybridized carbons (Fsp3) is 0.304. The smallest absolute Gasteiger partial charge is 0.257 e. The number of nitrogens with zero attached hydrogens (tertiary/aromatic N) is 5. The number of thiazole rings is 2. The van der Waals surface area contributed by atoms with E-state index in [1.165, 1.54) is 11.3 Å². The molecule has 1 aliphatic rings. The molecular formula is C23H24N6O2S2. The molecule has 1 aliphatic heterocycles. The van der Waals surface area contributed by atoms with E-state index in [4.69, 9.17) is 9.72 Å². The van der Waals surface area contributed by atoms with Crippen molar-refractivity contribution in [3.05, 3.63) is 47.1 Å². The van der Waals surface area contributed by atoms with Crippen molar-refractivity contribution < 1.29 is 9.53 Å². The summed E-state index contributed by atoms with van der Waals surface area (Å²) in [5.74, 6) is 0.450. The highest BCUT2D eigenvalue weighted by Gasteiger charge is 2.21. The normalized spacial score (nSPS) is 14.6. The first-order chi connectivity index (χ1) is 16.0. The summed E-state index contributed by atoms with van der Waals surface area (Å²) in [4.78, 5) is 31.2. The number of amides is 1.